The molecule has 0 aliphatic heterocycles. The summed E-state index contributed by atoms with van der Waals surface area (Å²) in [5.41, 5.74) is 2.36. The Labute approximate surface area is 116 Å². The summed E-state index contributed by atoms with van der Waals surface area (Å²) >= 11 is 0. The molecule has 1 aliphatic carbocycles. The lowest BCUT2D eigenvalue weighted by Crippen LogP contribution is -2.17. The molecule has 0 aromatic heterocycles. The van der Waals surface area contributed by atoms with Crippen molar-refractivity contribution in [1.82, 2.24) is 0 Å². The molecule has 20 heavy (non-hydrogen) atoms. The van der Waals surface area contributed by atoms with Gasteiger partial charge in [-0.3, -0.25) is 0 Å². The van der Waals surface area contributed by atoms with Crippen molar-refractivity contribution in [3.8, 4) is 5.75 Å². The number of ether oxygens (including phenoxy) is 2. The Morgan fingerprint density at radius 1 is 1.10 bits per heavy atom. The van der Waals surface area contributed by atoms with Crippen LogP contribution in [-0.2, 0) is 4.74 Å². The van der Waals surface area contributed by atoms with E-state index in [4.69, 9.17) is 4.74 Å². The van der Waals surface area contributed by atoms with Gasteiger partial charge in [0.05, 0.1) is 13.4 Å². The van der Waals surface area contributed by atoms with Crippen LogP contribution in [-0.4, -0.2) is 13.5 Å². The Hall–Kier alpha value is -1.65. The zero-order valence-corrected chi connectivity index (χ0v) is 11.2. The summed E-state index contributed by atoms with van der Waals surface area (Å²) < 4.78 is 45.1. The molecule has 0 unspecified atom stereocenters. The summed E-state index contributed by atoms with van der Waals surface area (Å²) in [6.45, 7) is 0. The lowest BCUT2D eigenvalue weighted by atomic mass is 9.82. The summed E-state index contributed by atoms with van der Waals surface area (Å²) in [6.07, 6.45) is 1.09. The molecule has 0 amide bonds. The van der Waals surface area contributed by atoms with Gasteiger partial charge in [0.2, 0.25) is 0 Å². The van der Waals surface area contributed by atoms with E-state index in [1.165, 1.54) is 17.7 Å². The van der Waals surface area contributed by atoms with E-state index in [-0.39, 0.29) is 5.75 Å². The third kappa shape index (κ3) is 4.18. The van der Waals surface area contributed by atoms with Crippen molar-refractivity contribution >= 4 is 0 Å². The summed E-state index contributed by atoms with van der Waals surface area (Å²) in [7, 11) is 1.64. The minimum absolute atomic E-state index is 0.169. The minimum atomic E-state index is -4.63. The first-order valence-corrected chi connectivity index (χ1v) is 6.54. The van der Waals surface area contributed by atoms with Gasteiger partial charge in [0.15, 0.2) is 0 Å². The first kappa shape index (κ1) is 14.8. The van der Waals surface area contributed by atoms with E-state index in [1.54, 1.807) is 25.5 Å². The molecule has 0 saturated heterocycles. The monoisotopic (exact) mass is 286 g/mol. The van der Waals surface area contributed by atoms with Crippen molar-refractivity contribution in [3.05, 3.63) is 41.7 Å². The van der Waals surface area contributed by atoms with Gasteiger partial charge >= 0.3 is 6.36 Å². The Morgan fingerprint density at radius 3 is 2.20 bits per heavy atom. The topological polar surface area (TPSA) is 18.5 Å². The van der Waals surface area contributed by atoms with E-state index in [0.717, 1.165) is 31.2 Å². The molecule has 2 rings (SSSR count). The molecule has 0 heterocycles. The quantitative estimate of drug-likeness (QED) is 0.745. The Morgan fingerprint density at radius 2 is 1.70 bits per heavy atom. The van der Waals surface area contributed by atoms with Gasteiger partial charge in [-0.1, -0.05) is 12.1 Å². The van der Waals surface area contributed by atoms with Gasteiger partial charge in [0, 0.05) is 0 Å². The van der Waals surface area contributed by atoms with Crippen LogP contribution in [0.5, 0.6) is 5.75 Å². The molecule has 0 spiro atoms. The van der Waals surface area contributed by atoms with Crippen LogP contribution >= 0.6 is 0 Å². The maximum absolute atomic E-state index is 12.1. The Balaban J connectivity index is 1.96. The second kappa shape index (κ2) is 6.20. The molecule has 110 valence electrons. The molecular weight excluding hydrogens is 269 g/mol. The molecule has 1 fully saturated rings. The van der Waals surface area contributed by atoms with E-state index in [2.05, 4.69) is 4.74 Å². The van der Waals surface area contributed by atoms with Crippen LogP contribution in [0.1, 0.15) is 37.2 Å². The average molecular weight is 286 g/mol. The fourth-order valence-corrected chi connectivity index (χ4v) is 2.55. The van der Waals surface area contributed by atoms with Crippen LogP contribution in [0.25, 0.3) is 0 Å². The zero-order chi connectivity index (χ0) is 14.6. The van der Waals surface area contributed by atoms with E-state index >= 15 is 0 Å². The van der Waals surface area contributed by atoms with E-state index in [1.807, 2.05) is 0 Å². The normalized spacial score (nSPS) is 19.6. The maximum Gasteiger partial charge on any atom is 0.573 e. The number of alkyl halides is 3. The highest BCUT2D eigenvalue weighted by atomic mass is 19.4. The van der Waals surface area contributed by atoms with Crippen LogP contribution < -0.4 is 4.74 Å². The second-order valence-corrected chi connectivity index (χ2v) is 4.90. The third-order valence-corrected chi connectivity index (χ3v) is 3.50. The number of rotatable bonds is 3. The highest BCUT2D eigenvalue weighted by Crippen LogP contribution is 2.36. The fourth-order valence-electron chi connectivity index (χ4n) is 2.55. The van der Waals surface area contributed by atoms with Crippen molar-refractivity contribution < 1.29 is 22.6 Å². The van der Waals surface area contributed by atoms with E-state index < -0.39 is 6.36 Å². The van der Waals surface area contributed by atoms with Crippen molar-refractivity contribution in [2.75, 3.05) is 7.11 Å². The molecule has 0 atom stereocenters. The number of benzene rings is 1. The smallest absolute Gasteiger partial charge is 0.504 e. The van der Waals surface area contributed by atoms with Crippen LogP contribution in [0.15, 0.2) is 36.1 Å². The molecule has 0 N–H and O–H groups in total. The van der Waals surface area contributed by atoms with Crippen molar-refractivity contribution in [2.24, 2.45) is 0 Å². The molecule has 1 aromatic carbocycles. The van der Waals surface area contributed by atoms with Crippen molar-refractivity contribution in [2.45, 2.75) is 38.0 Å². The number of methoxy groups -OCH3 is 1. The highest BCUT2D eigenvalue weighted by molar-refractivity contribution is 5.30. The maximum atomic E-state index is 12.1. The summed E-state index contributed by atoms with van der Waals surface area (Å²) in [6, 6.07) is 6.19. The van der Waals surface area contributed by atoms with Crippen LogP contribution in [0.2, 0.25) is 0 Å². The highest BCUT2D eigenvalue weighted by Gasteiger charge is 2.31. The lowest BCUT2D eigenvalue weighted by Gasteiger charge is -2.24. The average Bonchev–Trinajstić information content (AvgIpc) is 2.39. The zero-order valence-electron chi connectivity index (χ0n) is 11.2. The molecule has 0 radical (unpaired) electrons. The summed E-state index contributed by atoms with van der Waals surface area (Å²) in [4.78, 5) is 0. The molecule has 1 saturated carbocycles. The summed E-state index contributed by atoms with van der Waals surface area (Å²) in [5, 5.41) is 0. The second-order valence-electron chi connectivity index (χ2n) is 4.90. The van der Waals surface area contributed by atoms with Gasteiger partial charge in [-0.05, 0) is 54.9 Å². The van der Waals surface area contributed by atoms with E-state index in [0.29, 0.717) is 5.92 Å². The van der Waals surface area contributed by atoms with Crippen molar-refractivity contribution in [3.63, 3.8) is 0 Å². The lowest BCUT2D eigenvalue weighted by molar-refractivity contribution is -0.274. The fraction of sp³-hybridized carbons (Fsp3) is 0.467. The van der Waals surface area contributed by atoms with Crippen molar-refractivity contribution in [1.29, 1.82) is 0 Å². The van der Waals surface area contributed by atoms with Crippen LogP contribution in [0, 0.1) is 0 Å². The standard InChI is InChI=1S/C15H17F3O2/c1-19-10-11-2-4-12(5-3-11)13-6-8-14(9-7-13)20-15(16,17)18/h6-10,12H,2-5H2,1H3. The molecule has 0 bridgehead atoms. The number of allylic oxidation sites excluding steroid dienone is 1. The number of halogens is 3. The van der Waals surface area contributed by atoms with Gasteiger partial charge in [-0.25, -0.2) is 0 Å². The minimum Gasteiger partial charge on any atom is -0.504 e. The van der Waals surface area contributed by atoms with Gasteiger partial charge < -0.3 is 9.47 Å². The predicted molar refractivity (Wildman–Crippen MR) is 69.4 cm³/mol. The predicted octanol–water partition coefficient (Wildman–Crippen LogP) is 4.77. The first-order valence-electron chi connectivity index (χ1n) is 6.54. The molecular formula is C15H17F3O2. The largest absolute Gasteiger partial charge is 0.573 e. The Kier molecular flexibility index (Phi) is 4.57. The summed E-state index contributed by atoms with van der Waals surface area (Å²) in [5.74, 6) is 0.223. The SMILES string of the molecule is COC=C1CCC(c2ccc(OC(F)(F)F)cc2)CC1. The van der Waals surface area contributed by atoms with Crippen LogP contribution in [0.3, 0.4) is 0 Å². The Bertz CT molecular complexity index is 453. The molecule has 2 nitrogen and oxygen atoms in total. The third-order valence-electron chi connectivity index (χ3n) is 3.50. The van der Waals surface area contributed by atoms with Crippen LogP contribution in [0.4, 0.5) is 13.2 Å². The van der Waals surface area contributed by atoms with Gasteiger partial charge in [0.1, 0.15) is 5.75 Å². The first-order chi connectivity index (χ1) is 9.48. The molecule has 5 heteroatoms. The molecule has 1 aliphatic rings. The van der Waals surface area contributed by atoms with Gasteiger partial charge in [-0.2, -0.15) is 0 Å². The number of hydrogen-bond acceptors (Lipinski definition) is 2. The molecule has 1 aromatic rings. The number of hydrogen-bond donors (Lipinski definition) is 0. The van der Waals surface area contributed by atoms with Gasteiger partial charge in [0.25, 0.3) is 0 Å². The van der Waals surface area contributed by atoms with E-state index in [9.17, 15) is 13.2 Å². The van der Waals surface area contributed by atoms with Gasteiger partial charge in [-0.15, -0.1) is 13.2 Å².